The Labute approximate surface area is 93.1 Å². The first kappa shape index (κ1) is 10.6. The minimum absolute atomic E-state index is 0.0841. The van der Waals surface area contributed by atoms with Gasteiger partial charge in [0.15, 0.2) is 5.82 Å². The third-order valence-electron chi connectivity index (χ3n) is 2.47. The molecular formula is C11H13N3O2. The van der Waals surface area contributed by atoms with Crippen LogP contribution in [-0.4, -0.2) is 20.2 Å². The van der Waals surface area contributed by atoms with Gasteiger partial charge >= 0.3 is 0 Å². The fourth-order valence-electron chi connectivity index (χ4n) is 1.28. The smallest absolute Gasteiger partial charge is 0.259 e. The van der Waals surface area contributed by atoms with Gasteiger partial charge in [-0.3, -0.25) is 4.98 Å². The monoisotopic (exact) mass is 219 g/mol. The molecule has 0 aliphatic heterocycles. The van der Waals surface area contributed by atoms with Gasteiger partial charge < -0.3 is 9.63 Å². The summed E-state index contributed by atoms with van der Waals surface area (Å²) in [6.45, 7) is 4.10. The molecule has 5 nitrogen and oxygen atoms in total. The molecule has 0 bridgehead atoms. The maximum Gasteiger partial charge on any atom is 0.259 e. The number of aromatic hydroxyl groups is 1. The van der Waals surface area contributed by atoms with E-state index in [9.17, 15) is 5.11 Å². The summed E-state index contributed by atoms with van der Waals surface area (Å²) in [4.78, 5) is 8.12. The topological polar surface area (TPSA) is 72.0 Å². The van der Waals surface area contributed by atoms with E-state index in [4.69, 9.17) is 4.52 Å². The molecule has 2 heterocycles. The molecule has 2 rings (SSSR count). The molecule has 0 aromatic carbocycles. The Kier molecular flexibility index (Phi) is 2.85. The minimum atomic E-state index is 0.0841. The van der Waals surface area contributed by atoms with E-state index in [1.54, 1.807) is 12.3 Å². The fourth-order valence-corrected chi connectivity index (χ4v) is 1.28. The molecule has 0 amide bonds. The summed E-state index contributed by atoms with van der Waals surface area (Å²) in [6, 6.07) is 1.54. The Morgan fingerprint density at radius 2 is 2.25 bits per heavy atom. The van der Waals surface area contributed by atoms with Crippen molar-refractivity contribution in [2.45, 2.75) is 26.2 Å². The highest BCUT2D eigenvalue weighted by atomic mass is 16.5. The van der Waals surface area contributed by atoms with Gasteiger partial charge in [0.1, 0.15) is 5.75 Å². The zero-order chi connectivity index (χ0) is 11.5. The summed E-state index contributed by atoms with van der Waals surface area (Å²) >= 11 is 0. The van der Waals surface area contributed by atoms with Crippen molar-refractivity contribution >= 4 is 0 Å². The Bertz CT molecular complexity index is 482. The summed E-state index contributed by atoms with van der Waals surface area (Å²) < 4.78 is 5.12. The maximum absolute atomic E-state index is 9.28. The van der Waals surface area contributed by atoms with Crippen molar-refractivity contribution in [3.8, 4) is 17.2 Å². The molecule has 0 radical (unpaired) electrons. The van der Waals surface area contributed by atoms with Crippen molar-refractivity contribution in [2.75, 3.05) is 0 Å². The summed E-state index contributed by atoms with van der Waals surface area (Å²) in [5.74, 6) is 1.42. The largest absolute Gasteiger partial charge is 0.506 e. The molecule has 0 saturated heterocycles. The lowest BCUT2D eigenvalue weighted by Crippen LogP contribution is -1.93. The molecule has 0 aliphatic carbocycles. The molecule has 0 aliphatic rings. The molecule has 2 aromatic heterocycles. The number of aromatic nitrogens is 3. The van der Waals surface area contributed by atoms with Crippen LogP contribution in [0.5, 0.6) is 5.75 Å². The Morgan fingerprint density at radius 3 is 2.94 bits per heavy atom. The van der Waals surface area contributed by atoms with E-state index < -0.39 is 0 Å². The van der Waals surface area contributed by atoms with Gasteiger partial charge in [-0.1, -0.05) is 19.0 Å². The predicted molar refractivity (Wildman–Crippen MR) is 57.9 cm³/mol. The van der Waals surface area contributed by atoms with Crippen molar-refractivity contribution < 1.29 is 9.63 Å². The van der Waals surface area contributed by atoms with Crippen LogP contribution in [0.25, 0.3) is 11.5 Å². The number of nitrogens with zero attached hydrogens (tertiary/aromatic N) is 3. The fraction of sp³-hybridized carbons (Fsp3) is 0.364. The lowest BCUT2D eigenvalue weighted by molar-refractivity contribution is 0.415. The highest BCUT2D eigenvalue weighted by Crippen LogP contribution is 2.22. The number of hydrogen-bond donors (Lipinski definition) is 1. The third kappa shape index (κ3) is 2.03. The first-order valence-corrected chi connectivity index (χ1v) is 5.18. The summed E-state index contributed by atoms with van der Waals surface area (Å²) in [5.41, 5.74) is 0.627. The van der Waals surface area contributed by atoms with Gasteiger partial charge in [-0.15, -0.1) is 0 Å². The SMILES string of the molecule is CCC(C)c1noc(-c2cncc(O)c2)n1. The normalized spacial score (nSPS) is 12.6. The van der Waals surface area contributed by atoms with Crippen molar-refractivity contribution in [2.24, 2.45) is 0 Å². The van der Waals surface area contributed by atoms with Crippen LogP contribution in [0.4, 0.5) is 0 Å². The highest BCUT2D eigenvalue weighted by molar-refractivity contribution is 5.53. The number of hydrogen-bond acceptors (Lipinski definition) is 5. The van der Waals surface area contributed by atoms with E-state index in [-0.39, 0.29) is 11.7 Å². The average Bonchev–Trinajstić information content (AvgIpc) is 2.77. The van der Waals surface area contributed by atoms with Gasteiger partial charge in [-0.2, -0.15) is 4.98 Å². The van der Waals surface area contributed by atoms with Gasteiger partial charge in [-0.05, 0) is 12.5 Å². The van der Waals surface area contributed by atoms with Crippen molar-refractivity contribution in [1.29, 1.82) is 0 Å². The highest BCUT2D eigenvalue weighted by Gasteiger charge is 2.13. The Balaban J connectivity index is 2.31. The molecule has 1 atom stereocenters. The summed E-state index contributed by atoms with van der Waals surface area (Å²) in [7, 11) is 0. The van der Waals surface area contributed by atoms with Gasteiger partial charge in [0.2, 0.25) is 0 Å². The lowest BCUT2D eigenvalue weighted by atomic mass is 10.1. The van der Waals surface area contributed by atoms with Crippen molar-refractivity contribution in [3.05, 3.63) is 24.3 Å². The molecule has 2 aromatic rings. The van der Waals surface area contributed by atoms with Gasteiger partial charge in [0, 0.05) is 12.1 Å². The predicted octanol–water partition coefficient (Wildman–Crippen LogP) is 2.35. The van der Waals surface area contributed by atoms with E-state index in [2.05, 4.69) is 22.0 Å². The lowest BCUT2D eigenvalue weighted by Gasteiger charge is -1.98. The molecule has 1 N–H and O–H groups in total. The van der Waals surface area contributed by atoms with E-state index in [1.807, 2.05) is 6.92 Å². The van der Waals surface area contributed by atoms with Crippen LogP contribution in [0.15, 0.2) is 23.0 Å². The van der Waals surface area contributed by atoms with Gasteiger partial charge in [-0.25, -0.2) is 0 Å². The van der Waals surface area contributed by atoms with Crippen molar-refractivity contribution in [3.63, 3.8) is 0 Å². The maximum atomic E-state index is 9.28. The molecule has 5 heteroatoms. The van der Waals surface area contributed by atoms with E-state index in [1.165, 1.54) is 6.20 Å². The molecule has 84 valence electrons. The second-order valence-corrected chi connectivity index (χ2v) is 3.70. The van der Waals surface area contributed by atoms with Crippen LogP contribution in [-0.2, 0) is 0 Å². The van der Waals surface area contributed by atoms with Crippen molar-refractivity contribution in [1.82, 2.24) is 15.1 Å². The molecule has 0 saturated carbocycles. The molecule has 0 fully saturated rings. The summed E-state index contributed by atoms with van der Waals surface area (Å²) in [5, 5.41) is 13.2. The summed E-state index contributed by atoms with van der Waals surface area (Å²) in [6.07, 6.45) is 3.89. The molecule has 0 spiro atoms. The Morgan fingerprint density at radius 1 is 1.44 bits per heavy atom. The Hall–Kier alpha value is -1.91. The average molecular weight is 219 g/mol. The van der Waals surface area contributed by atoms with E-state index in [0.29, 0.717) is 17.3 Å². The quantitative estimate of drug-likeness (QED) is 0.857. The first-order valence-electron chi connectivity index (χ1n) is 5.18. The zero-order valence-corrected chi connectivity index (χ0v) is 9.21. The van der Waals surface area contributed by atoms with Crippen LogP contribution in [0.3, 0.4) is 0 Å². The molecular weight excluding hydrogens is 206 g/mol. The van der Waals surface area contributed by atoms with E-state index >= 15 is 0 Å². The zero-order valence-electron chi connectivity index (χ0n) is 9.21. The molecule has 1 unspecified atom stereocenters. The first-order chi connectivity index (χ1) is 7.70. The number of rotatable bonds is 3. The van der Waals surface area contributed by atoms with Crippen LogP contribution in [0.2, 0.25) is 0 Å². The third-order valence-corrected chi connectivity index (χ3v) is 2.47. The number of pyridine rings is 1. The van der Waals surface area contributed by atoms with Crippen LogP contribution in [0, 0.1) is 0 Å². The standard InChI is InChI=1S/C11H13N3O2/c1-3-7(2)10-13-11(16-14-10)8-4-9(15)6-12-5-8/h4-7,15H,3H2,1-2H3. The van der Waals surface area contributed by atoms with Gasteiger partial charge in [0.25, 0.3) is 5.89 Å². The van der Waals surface area contributed by atoms with Crippen LogP contribution >= 0.6 is 0 Å². The van der Waals surface area contributed by atoms with Crippen LogP contribution in [0.1, 0.15) is 32.0 Å². The van der Waals surface area contributed by atoms with Gasteiger partial charge in [0.05, 0.1) is 11.8 Å². The molecule has 16 heavy (non-hydrogen) atoms. The second-order valence-electron chi connectivity index (χ2n) is 3.70. The second kappa shape index (κ2) is 4.30. The minimum Gasteiger partial charge on any atom is -0.506 e. The van der Waals surface area contributed by atoms with E-state index in [0.717, 1.165) is 6.42 Å². The van der Waals surface area contributed by atoms with Crippen LogP contribution < -0.4 is 0 Å².